The van der Waals surface area contributed by atoms with E-state index in [4.69, 9.17) is 9.47 Å². The molecule has 0 heterocycles. The zero-order valence-electron chi connectivity index (χ0n) is 12.8. The molecule has 0 fully saturated rings. The van der Waals surface area contributed by atoms with Crippen molar-refractivity contribution >= 4 is 22.7 Å². The van der Waals surface area contributed by atoms with Crippen LogP contribution in [0, 0.1) is 0 Å². The molecule has 116 valence electrons. The van der Waals surface area contributed by atoms with Crippen molar-refractivity contribution in [1.82, 2.24) is 0 Å². The first-order valence-electron chi connectivity index (χ1n) is 6.81. The number of fused-ring (bicyclic) bond motifs is 1. The van der Waals surface area contributed by atoms with Crippen LogP contribution in [0.5, 0.6) is 5.75 Å². The fourth-order valence-corrected chi connectivity index (χ4v) is 2.32. The van der Waals surface area contributed by atoms with Crippen molar-refractivity contribution in [1.29, 1.82) is 0 Å². The molecule has 0 N–H and O–H groups in total. The van der Waals surface area contributed by atoms with E-state index in [0.717, 1.165) is 22.1 Å². The molecule has 1 atom stereocenters. The molecule has 0 spiro atoms. The van der Waals surface area contributed by atoms with Gasteiger partial charge in [-0.2, -0.15) is 0 Å². The number of benzene rings is 2. The maximum absolute atomic E-state index is 12.0. The maximum atomic E-state index is 12.0. The lowest BCUT2D eigenvalue weighted by atomic mass is 9.93. The molecule has 0 radical (unpaired) electrons. The van der Waals surface area contributed by atoms with Gasteiger partial charge < -0.3 is 14.2 Å². The van der Waals surface area contributed by atoms with Crippen molar-refractivity contribution in [2.45, 2.75) is 12.3 Å². The normalized spacial score (nSPS) is 11.8. The third-order valence-electron chi connectivity index (χ3n) is 3.56. The minimum Gasteiger partial charge on any atom is -0.497 e. The fourth-order valence-electron chi connectivity index (χ4n) is 2.32. The third kappa shape index (κ3) is 3.36. The highest BCUT2D eigenvalue weighted by atomic mass is 16.5. The average Bonchev–Trinajstić information content (AvgIpc) is 2.57. The van der Waals surface area contributed by atoms with Gasteiger partial charge in [-0.25, -0.2) is 0 Å². The number of hydrogen-bond acceptors (Lipinski definition) is 5. The predicted molar refractivity (Wildman–Crippen MR) is 81.9 cm³/mol. The lowest BCUT2D eigenvalue weighted by Gasteiger charge is -2.14. The van der Waals surface area contributed by atoms with Crippen LogP contribution in [0.4, 0.5) is 0 Å². The lowest BCUT2D eigenvalue weighted by Crippen LogP contribution is -2.18. The van der Waals surface area contributed by atoms with E-state index in [2.05, 4.69) is 4.74 Å². The van der Waals surface area contributed by atoms with Crippen molar-refractivity contribution in [2.75, 3.05) is 21.3 Å². The molecule has 0 aliphatic rings. The van der Waals surface area contributed by atoms with E-state index in [1.54, 1.807) is 7.11 Å². The van der Waals surface area contributed by atoms with Gasteiger partial charge in [-0.3, -0.25) is 9.59 Å². The highest BCUT2D eigenvalue weighted by Crippen LogP contribution is 2.27. The minimum absolute atomic E-state index is 0.0508. The summed E-state index contributed by atoms with van der Waals surface area (Å²) in [5.74, 6) is -0.827. The minimum atomic E-state index is -0.677. The molecule has 0 aliphatic carbocycles. The fraction of sp³-hybridized carbons (Fsp3) is 0.294. The van der Waals surface area contributed by atoms with Crippen LogP contribution in [0.15, 0.2) is 36.4 Å². The number of esters is 2. The molecular weight excluding hydrogens is 284 g/mol. The number of rotatable bonds is 5. The van der Waals surface area contributed by atoms with E-state index in [1.165, 1.54) is 14.2 Å². The Morgan fingerprint density at radius 1 is 0.955 bits per heavy atom. The Morgan fingerprint density at radius 2 is 1.64 bits per heavy atom. The van der Waals surface area contributed by atoms with E-state index in [9.17, 15) is 9.59 Å². The van der Waals surface area contributed by atoms with Crippen molar-refractivity contribution in [2.24, 2.45) is 0 Å². The molecule has 2 aromatic rings. The van der Waals surface area contributed by atoms with Crippen molar-refractivity contribution in [3.8, 4) is 5.75 Å². The number of methoxy groups -OCH3 is 3. The van der Waals surface area contributed by atoms with Crippen LogP contribution in [-0.4, -0.2) is 33.3 Å². The van der Waals surface area contributed by atoms with Crippen molar-refractivity contribution < 1.29 is 23.8 Å². The van der Waals surface area contributed by atoms with Crippen LogP contribution in [0.1, 0.15) is 17.9 Å². The first-order chi connectivity index (χ1) is 10.6. The highest BCUT2D eigenvalue weighted by Gasteiger charge is 2.25. The van der Waals surface area contributed by atoms with Gasteiger partial charge in [0.2, 0.25) is 0 Å². The second-order valence-electron chi connectivity index (χ2n) is 4.83. The van der Waals surface area contributed by atoms with Gasteiger partial charge in [0.1, 0.15) is 5.75 Å². The molecule has 1 unspecified atom stereocenters. The monoisotopic (exact) mass is 302 g/mol. The maximum Gasteiger partial charge on any atom is 0.313 e. The standard InChI is InChI=1S/C17H18O5/c1-20-14-7-6-11-8-13(5-4-12(11)9-14)15(17(19)22-3)10-16(18)21-2/h4-9,15H,10H2,1-3H3. The Bertz CT molecular complexity index is 693. The molecule has 0 aliphatic heterocycles. The quantitative estimate of drug-likeness (QED) is 0.795. The summed E-state index contributed by atoms with van der Waals surface area (Å²) in [4.78, 5) is 23.5. The Balaban J connectivity index is 2.40. The molecule has 22 heavy (non-hydrogen) atoms. The third-order valence-corrected chi connectivity index (χ3v) is 3.56. The zero-order valence-corrected chi connectivity index (χ0v) is 12.8. The van der Waals surface area contributed by atoms with Crippen LogP contribution in [-0.2, 0) is 19.1 Å². The van der Waals surface area contributed by atoms with E-state index in [0.29, 0.717) is 0 Å². The first-order valence-corrected chi connectivity index (χ1v) is 6.81. The van der Waals surface area contributed by atoms with Crippen LogP contribution in [0.2, 0.25) is 0 Å². The highest BCUT2D eigenvalue weighted by molar-refractivity contribution is 5.88. The number of carbonyl (C=O) groups excluding carboxylic acids is 2. The van der Waals surface area contributed by atoms with Gasteiger partial charge in [-0.05, 0) is 28.5 Å². The Morgan fingerprint density at radius 3 is 2.27 bits per heavy atom. The molecule has 0 amide bonds. The molecule has 5 nitrogen and oxygen atoms in total. The van der Waals surface area contributed by atoms with E-state index in [-0.39, 0.29) is 6.42 Å². The van der Waals surface area contributed by atoms with Crippen LogP contribution < -0.4 is 4.74 Å². The van der Waals surface area contributed by atoms with E-state index < -0.39 is 17.9 Å². The SMILES string of the molecule is COC(=O)CC(C(=O)OC)c1ccc2cc(OC)ccc2c1. The summed E-state index contributed by atoms with van der Waals surface area (Å²) >= 11 is 0. The zero-order chi connectivity index (χ0) is 16.1. The van der Waals surface area contributed by atoms with Gasteiger partial charge in [0, 0.05) is 0 Å². The lowest BCUT2D eigenvalue weighted by molar-refractivity contribution is -0.149. The summed E-state index contributed by atoms with van der Waals surface area (Å²) in [7, 11) is 4.21. The number of carbonyl (C=O) groups is 2. The second-order valence-corrected chi connectivity index (χ2v) is 4.83. The summed E-state index contributed by atoms with van der Waals surface area (Å²) in [5, 5.41) is 1.95. The Kier molecular flexibility index (Phi) is 4.99. The van der Waals surface area contributed by atoms with Gasteiger partial charge in [-0.1, -0.05) is 24.3 Å². The summed E-state index contributed by atoms with van der Waals surface area (Å²) in [6.07, 6.45) is -0.0508. The van der Waals surface area contributed by atoms with Crippen molar-refractivity contribution in [3.05, 3.63) is 42.0 Å². The topological polar surface area (TPSA) is 61.8 Å². The van der Waals surface area contributed by atoms with Gasteiger partial charge in [-0.15, -0.1) is 0 Å². The second kappa shape index (κ2) is 6.93. The van der Waals surface area contributed by atoms with Crippen molar-refractivity contribution in [3.63, 3.8) is 0 Å². The average molecular weight is 302 g/mol. The summed E-state index contributed by atoms with van der Waals surface area (Å²) in [5.41, 5.74) is 0.718. The van der Waals surface area contributed by atoms with Gasteiger partial charge >= 0.3 is 11.9 Å². The Labute approximate surface area is 128 Å². The molecule has 2 rings (SSSR count). The Hall–Kier alpha value is -2.56. The summed E-state index contributed by atoms with van der Waals surface area (Å²) < 4.78 is 14.6. The first kappa shape index (κ1) is 15.8. The molecule has 2 aromatic carbocycles. The van der Waals surface area contributed by atoms with Gasteiger partial charge in [0.25, 0.3) is 0 Å². The van der Waals surface area contributed by atoms with E-state index in [1.807, 2.05) is 36.4 Å². The molecule has 0 bridgehead atoms. The predicted octanol–water partition coefficient (Wildman–Crippen LogP) is 2.67. The largest absolute Gasteiger partial charge is 0.497 e. The van der Waals surface area contributed by atoms with Crippen LogP contribution in [0.25, 0.3) is 10.8 Å². The molecule has 0 aromatic heterocycles. The number of ether oxygens (including phenoxy) is 3. The molecular formula is C17H18O5. The van der Waals surface area contributed by atoms with E-state index >= 15 is 0 Å². The summed E-state index contributed by atoms with van der Waals surface area (Å²) in [6, 6.07) is 11.2. The smallest absolute Gasteiger partial charge is 0.313 e. The van der Waals surface area contributed by atoms with Gasteiger partial charge in [0.15, 0.2) is 0 Å². The van der Waals surface area contributed by atoms with Crippen LogP contribution >= 0.6 is 0 Å². The number of hydrogen-bond donors (Lipinski definition) is 0. The molecule has 0 saturated carbocycles. The molecule has 0 saturated heterocycles. The van der Waals surface area contributed by atoms with Crippen LogP contribution in [0.3, 0.4) is 0 Å². The molecule has 5 heteroatoms. The van der Waals surface area contributed by atoms with Gasteiger partial charge in [0.05, 0.1) is 33.7 Å². The summed E-state index contributed by atoms with van der Waals surface area (Å²) in [6.45, 7) is 0.